The molecule has 1 aromatic rings. The van der Waals surface area contributed by atoms with Crippen LogP contribution in [0, 0.1) is 17.0 Å². The Kier molecular flexibility index (Phi) is 3.68. The van der Waals surface area contributed by atoms with E-state index in [1.165, 1.54) is 0 Å². The fourth-order valence-electron chi connectivity index (χ4n) is 0.930. The van der Waals surface area contributed by atoms with Crippen molar-refractivity contribution in [3.05, 3.63) is 28.2 Å². The largest absolute Gasteiger partial charge is 0.387 e. The molecule has 0 spiro atoms. The fraction of sp³-hybridized carbons (Fsp3) is 0.364. The molecule has 0 fully saturated rings. The van der Waals surface area contributed by atoms with Gasteiger partial charge < -0.3 is 5.73 Å². The van der Waals surface area contributed by atoms with Gasteiger partial charge in [-0.3, -0.25) is 0 Å². The quantitative estimate of drug-likeness (QED) is 0.621. The Labute approximate surface area is 102 Å². The molecule has 0 saturated carbocycles. The highest BCUT2D eigenvalue weighted by Crippen LogP contribution is 2.27. The Hall–Kier alpha value is -0.970. The zero-order chi connectivity index (χ0) is 12.5. The van der Waals surface area contributed by atoms with E-state index >= 15 is 0 Å². The van der Waals surface area contributed by atoms with Crippen molar-refractivity contribution in [1.82, 2.24) is 0 Å². The fourth-order valence-corrected chi connectivity index (χ4v) is 1.33. The molecule has 1 aromatic carbocycles. The van der Waals surface area contributed by atoms with E-state index in [1.54, 1.807) is 0 Å². The van der Waals surface area contributed by atoms with Crippen molar-refractivity contribution in [3.8, 4) is 0 Å². The summed E-state index contributed by atoms with van der Waals surface area (Å²) in [7, 11) is 0. The van der Waals surface area contributed by atoms with Crippen LogP contribution in [0.15, 0.2) is 21.6 Å². The van der Waals surface area contributed by atoms with Gasteiger partial charge in [-0.2, -0.15) is 0 Å². The van der Waals surface area contributed by atoms with Crippen LogP contribution in [0.25, 0.3) is 0 Å². The van der Waals surface area contributed by atoms with Crippen LogP contribution in [-0.4, -0.2) is 5.84 Å². The van der Waals surface area contributed by atoms with Crippen molar-refractivity contribution in [3.63, 3.8) is 0 Å². The van der Waals surface area contributed by atoms with Gasteiger partial charge in [-0.05, 0) is 12.1 Å². The van der Waals surface area contributed by atoms with Crippen molar-refractivity contribution < 1.29 is 8.78 Å². The molecule has 0 aliphatic rings. The lowest BCUT2D eigenvalue weighted by Crippen LogP contribution is -2.28. The molecule has 0 bridgehead atoms. The Morgan fingerprint density at radius 2 is 1.69 bits per heavy atom. The number of nitrogens with two attached hydrogens (primary N) is 1. The minimum atomic E-state index is -0.737. The summed E-state index contributed by atoms with van der Waals surface area (Å²) in [5.74, 6) is -1.29. The first-order chi connectivity index (χ1) is 7.21. The standard InChI is InChI=1S/C11H13BrF2N2/c1-11(2,3)10(15)16-9-7(13)4-6(12)5-8(9)14/h4-5H,1-3H3,(H2,15,16). The van der Waals surface area contributed by atoms with Crippen LogP contribution in [0.2, 0.25) is 0 Å². The second-order valence-electron chi connectivity index (χ2n) is 4.47. The SMILES string of the molecule is CC(C)(C)C(N)=Nc1c(F)cc(Br)cc1F. The summed E-state index contributed by atoms with van der Waals surface area (Å²) in [5, 5.41) is 0. The molecule has 1 rings (SSSR count). The molecule has 0 aromatic heterocycles. The number of hydrogen-bond donors (Lipinski definition) is 1. The van der Waals surface area contributed by atoms with Crippen molar-refractivity contribution in [2.75, 3.05) is 0 Å². The highest BCUT2D eigenvalue weighted by molar-refractivity contribution is 9.10. The third kappa shape index (κ3) is 3.01. The van der Waals surface area contributed by atoms with Crippen molar-refractivity contribution >= 4 is 27.5 Å². The number of benzene rings is 1. The van der Waals surface area contributed by atoms with Crippen LogP contribution in [0.4, 0.5) is 14.5 Å². The molecule has 88 valence electrons. The summed E-state index contributed by atoms with van der Waals surface area (Å²) >= 11 is 2.99. The number of amidine groups is 1. The summed E-state index contributed by atoms with van der Waals surface area (Å²) in [6, 6.07) is 2.30. The number of aliphatic imine (C=N–C) groups is 1. The van der Waals surface area contributed by atoms with E-state index < -0.39 is 17.0 Å². The second-order valence-corrected chi connectivity index (χ2v) is 5.38. The number of nitrogens with zero attached hydrogens (tertiary/aromatic N) is 1. The number of halogens is 3. The van der Waals surface area contributed by atoms with Crippen LogP contribution >= 0.6 is 15.9 Å². The molecule has 0 saturated heterocycles. The highest BCUT2D eigenvalue weighted by atomic mass is 79.9. The topological polar surface area (TPSA) is 38.4 Å². The minimum Gasteiger partial charge on any atom is -0.387 e. The first-order valence-corrected chi connectivity index (χ1v) is 5.50. The van der Waals surface area contributed by atoms with Crippen molar-refractivity contribution in [2.45, 2.75) is 20.8 Å². The van der Waals surface area contributed by atoms with Crippen molar-refractivity contribution in [2.24, 2.45) is 16.1 Å². The van der Waals surface area contributed by atoms with Crippen LogP contribution < -0.4 is 5.73 Å². The van der Waals surface area contributed by atoms with Gasteiger partial charge in [0.1, 0.15) is 11.5 Å². The maximum absolute atomic E-state index is 13.4. The number of rotatable bonds is 1. The van der Waals surface area contributed by atoms with Crippen LogP contribution in [-0.2, 0) is 0 Å². The zero-order valence-electron chi connectivity index (χ0n) is 9.31. The average Bonchev–Trinajstić information content (AvgIpc) is 2.08. The molecular weight excluding hydrogens is 278 g/mol. The Morgan fingerprint density at radius 3 is 2.06 bits per heavy atom. The summed E-state index contributed by atoms with van der Waals surface area (Å²) in [6.07, 6.45) is 0. The van der Waals surface area contributed by atoms with Gasteiger partial charge in [0.05, 0.1) is 0 Å². The van der Waals surface area contributed by atoms with Gasteiger partial charge in [0, 0.05) is 9.89 Å². The smallest absolute Gasteiger partial charge is 0.153 e. The van der Waals surface area contributed by atoms with E-state index in [0.717, 1.165) is 12.1 Å². The summed E-state index contributed by atoms with van der Waals surface area (Å²) in [5.41, 5.74) is 4.89. The van der Waals surface area contributed by atoms with Crippen LogP contribution in [0.3, 0.4) is 0 Å². The maximum atomic E-state index is 13.4. The van der Waals surface area contributed by atoms with Gasteiger partial charge in [0.15, 0.2) is 11.6 Å². The highest BCUT2D eigenvalue weighted by Gasteiger charge is 2.18. The Morgan fingerprint density at radius 1 is 1.25 bits per heavy atom. The summed E-state index contributed by atoms with van der Waals surface area (Å²) in [4.78, 5) is 3.79. The normalized spacial score (nSPS) is 13.0. The Balaban J connectivity index is 3.26. The van der Waals surface area contributed by atoms with Crippen molar-refractivity contribution in [1.29, 1.82) is 0 Å². The van der Waals surface area contributed by atoms with Crippen LogP contribution in [0.1, 0.15) is 20.8 Å². The molecule has 0 amide bonds. The molecule has 0 atom stereocenters. The van der Waals surface area contributed by atoms with Gasteiger partial charge in [-0.1, -0.05) is 36.7 Å². The van der Waals surface area contributed by atoms with E-state index in [0.29, 0.717) is 4.47 Å². The molecule has 0 aliphatic carbocycles. The van der Waals surface area contributed by atoms with E-state index in [4.69, 9.17) is 5.73 Å². The first-order valence-electron chi connectivity index (χ1n) is 4.71. The molecule has 0 unspecified atom stereocenters. The van der Waals surface area contributed by atoms with Gasteiger partial charge in [0.2, 0.25) is 0 Å². The van der Waals surface area contributed by atoms with E-state index in [9.17, 15) is 8.78 Å². The monoisotopic (exact) mass is 290 g/mol. The first kappa shape index (κ1) is 13.1. The second kappa shape index (κ2) is 4.49. The summed E-state index contributed by atoms with van der Waals surface area (Å²) in [6.45, 7) is 5.46. The van der Waals surface area contributed by atoms with Gasteiger partial charge in [0.25, 0.3) is 0 Å². The average molecular weight is 291 g/mol. The molecular formula is C11H13BrF2N2. The molecule has 0 radical (unpaired) electrons. The van der Waals surface area contributed by atoms with Gasteiger partial charge >= 0.3 is 0 Å². The maximum Gasteiger partial charge on any atom is 0.153 e. The molecule has 2 N–H and O–H groups in total. The molecule has 5 heteroatoms. The molecule has 2 nitrogen and oxygen atoms in total. The van der Waals surface area contributed by atoms with E-state index in [-0.39, 0.29) is 11.5 Å². The molecule has 0 heterocycles. The summed E-state index contributed by atoms with van der Waals surface area (Å²) < 4.78 is 27.2. The minimum absolute atomic E-state index is 0.188. The van der Waals surface area contributed by atoms with Gasteiger partial charge in [-0.25, -0.2) is 13.8 Å². The predicted molar refractivity (Wildman–Crippen MR) is 64.8 cm³/mol. The number of hydrogen-bond acceptors (Lipinski definition) is 1. The zero-order valence-corrected chi connectivity index (χ0v) is 10.9. The molecule has 0 aliphatic heterocycles. The lowest BCUT2D eigenvalue weighted by atomic mass is 9.95. The molecule has 16 heavy (non-hydrogen) atoms. The van der Waals surface area contributed by atoms with E-state index in [2.05, 4.69) is 20.9 Å². The third-order valence-electron chi connectivity index (χ3n) is 1.98. The lowest BCUT2D eigenvalue weighted by Gasteiger charge is -2.17. The van der Waals surface area contributed by atoms with E-state index in [1.807, 2.05) is 20.8 Å². The Bertz CT molecular complexity index is 413. The lowest BCUT2D eigenvalue weighted by molar-refractivity contribution is 0.572. The van der Waals surface area contributed by atoms with Gasteiger partial charge in [-0.15, -0.1) is 0 Å². The predicted octanol–water partition coefficient (Wildman–Crippen LogP) is 3.76. The third-order valence-corrected chi connectivity index (χ3v) is 2.44. The van der Waals surface area contributed by atoms with Crippen LogP contribution in [0.5, 0.6) is 0 Å².